The number of benzene rings is 2. The average Bonchev–Trinajstić information content (AvgIpc) is 3.14. The van der Waals surface area contributed by atoms with Crippen LogP contribution in [0.5, 0.6) is 5.75 Å². The number of hydrogen-bond acceptors (Lipinski definition) is 7. The van der Waals surface area contributed by atoms with Crippen molar-refractivity contribution in [3.63, 3.8) is 0 Å². The van der Waals surface area contributed by atoms with E-state index in [2.05, 4.69) is 20.2 Å². The van der Waals surface area contributed by atoms with Gasteiger partial charge in [-0.1, -0.05) is 16.8 Å². The van der Waals surface area contributed by atoms with Gasteiger partial charge in [0.05, 0.1) is 22.1 Å². The van der Waals surface area contributed by atoms with E-state index in [4.69, 9.17) is 20.9 Å². The van der Waals surface area contributed by atoms with Gasteiger partial charge in [0.2, 0.25) is 5.89 Å². The summed E-state index contributed by atoms with van der Waals surface area (Å²) in [6.45, 7) is 4.28. The number of sulfonamides is 1. The second kappa shape index (κ2) is 9.80. The third-order valence-electron chi connectivity index (χ3n) is 4.10. The van der Waals surface area contributed by atoms with Crippen LogP contribution in [0, 0.1) is 6.92 Å². The zero-order chi connectivity index (χ0) is 22.4. The van der Waals surface area contributed by atoms with Gasteiger partial charge >= 0.3 is 0 Å². The molecule has 0 saturated carbocycles. The van der Waals surface area contributed by atoms with Crippen molar-refractivity contribution in [1.82, 2.24) is 15.5 Å². The van der Waals surface area contributed by atoms with Crippen molar-refractivity contribution >= 4 is 33.2 Å². The highest BCUT2D eigenvalue weighted by Gasteiger charge is 2.19. The van der Waals surface area contributed by atoms with E-state index in [0.717, 1.165) is 0 Å². The molecule has 0 spiro atoms. The number of halogens is 1. The zero-order valence-corrected chi connectivity index (χ0v) is 18.5. The van der Waals surface area contributed by atoms with Gasteiger partial charge in [0.25, 0.3) is 15.9 Å². The fourth-order valence-electron chi connectivity index (χ4n) is 2.67. The van der Waals surface area contributed by atoms with Crippen molar-refractivity contribution in [2.45, 2.75) is 25.2 Å². The Morgan fingerprint density at radius 2 is 1.94 bits per heavy atom. The molecule has 9 nitrogen and oxygen atoms in total. The molecule has 0 atom stereocenters. The summed E-state index contributed by atoms with van der Waals surface area (Å²) in [7, 11) is -3.93. The molecule has 3 aromatic rings. The summed E-state index contributed by atoms with van der Waals surface area (Å²) in [5.41, 5.74) is 0.400. The molecule has 3 rings (SSSR count). The lowest BCUT2D eigenvalue weighted by atomic mass is 10.2. The van der Waals surface area contributed by atoms with Crippen molar-refractivity contribution in [3.05, 3.63) is 64.8 Å². The molecule has 1 heterocycles. The number of hydrogen-bond donors (Lipinski definition) is 2. The van der Waals surface area contributed by atoms with E-state index >= 15 is 0 Å². The molecule has 2 N–H and O–H groups in total. The molecule has 0 aliphatic heterocycles. The van der Waals surface area contributed by atoms with Crippen molar-refractivity contribution in [1.29, 1.82) is 0 Å². The molecule has 0 unspecified atom stereocenters. The van der Waals surface area contributed by atoms with Crippen LogP contribution >= 0.6 is 11.6 Å². The van der Waals surface area contributed by atoms with Gasteiger partial charge in [-0.15, -0.1) is 0 Å². The van der Waals surface area contributed by atoms with Gasteiger partial charge in [0, 0.05) is 18.7 Å². The van der Waals surface area contributed by atoms with E-state index in [9.17, 15) is 13.2 Å². The number of nitrogens with one attached hydrogen (secondary N) is 2. The molecule has 31 heavy (non-hydrogen) atoms. The summed E-state index contributed by atoms with van der Waals surface area (Å²) >= 11 is 6.12. The smallest absolute Gasteiger partial charge is 0.261 e. The van der Waals surface area contributed by atoms with Gasteiger partial charge < -0.3 is 14.6 Å². The van der Waals surface area contributed by atoms with E-state index in [0.29, 0.717) is 36.2 Å². The molecule has 0 aliphatic rings. The zero-order valence-electron chi connectivity index (χ0n) is 16.9. The highest BCUT2D eigenvalue weighted by molar-refractivity contribution is 7.92. The Bertz CT molecular complexity index is 1160. The van der Waals surface area contributed by atoms with Crippen LogP contribution in [-0.2, 0) is 16.4 Å². The van der Waals surface area contributed by atoms with Crippen molar-refractivity contribution in [2.24, 2.45) is 0 Å². The number of aromatic nitrogens is 2. The molecule has 0 bridgehead atoms. The fourth-order valence-corrected chi connectivity index (χ4v) is 3.95. The fraction of sp³-hybridized carbons (Fsp3) is 0.250. The third-order valence-corrected chi connectivity index (χ3v) is 5.81. The Kier molecular flexibility index (Phi) is 7.13. The van der Waals surface area contributed by atoms with Crippen LogP contribution in [0.4, 0.5) is 5.69 Å². The minimum absolute atomic E-state index is 0.0398. The first-order chi connectivity index (χ1) is 14.8. The van der Waals surface area contributed by atoms with Crippen LogP contribution in [0.15, 0.2) is 51.9 Å². The molecule has 0 aliphatic carbocycles. The van der Waals surface area contributed by atoms with Gasteiger partial charge in [-0.25, -0.2) is 8.42 Å². The molecule has 0 radical (unpaired) electrons. The minimum atomic E-state index is -3.93. The molecule has 2 aromatic carbocycles. The van der Waals surface area contributed by atoms with E-state index in [1.165, 1.54) is 18.2 Å². The predicted molar refractivity (Wildman–Crippen MR) is 115 cm³/mol. The van der Waals surface area contributed by atoms with Gasteiger partial charge in [0.15, 0.2) is 5.82 Å². The largest absolute Gasteiger partial charge is 0.494 e. The first kappa shape index (κ1) is 22.6. The van der Waals surface area contributed by atoms with Crippen LogP contribution in [0.2, 0.25) is 5.02 Å². The van der Waals surface area contributed by atoms with Gasteiger partial charge in [-0.05, 0) is 56.3 Å². The first-order valence-electron chi connectivity index (χ1n) is 9.41. The van der Waals surface area contributed by atoms with Crippen molar-refractivity contribution in [2.75, 3.05) is 17.9 Å². The number of rotatable bonds is 9. The summed E-state index contributed by atoms with van der Waals surface area (Å²) < 4.78 is 38.3. The summed E-state index contributed by atoms with van der Waals surface area (Å²) in [4.78, 5) is 16.5. The van der Waals surface area contributed by atoms with Gasteiger partial charge in [-0.3, -0.25) is 9.52 Å². The Labute approximate surface area is 184 Å². The van der Waals surface area contributed by atoms with Crippen molar-refractivity contribution < 1.29 is 22.5 Å². The second-order valence-electron chi connectivity index (χ2n) is 6.45. The Balaban J connectivity index is 1.70. The molecule has 1 amide bonds. The van der Waals surface area contributed by atoms with E-state index < -0.39 is 15.9 Å². The number of carbonyl (C=O) groups excluding carboxylic acids is 1. The molecule has 0 fully saturated rings. The van der Waals surface area contributed by atoms with E-state index in [1.54, 1.807) is 31.2 Å². The normalized spacial score (nSPS) is 11.2. The van der Waals surface area contributed by atoms with Crippen LogP contribution in [0.25, 0.3) is 0 Å². The van der Waals surface area contributed by atoms with Gasteiger partial charge in [-0.2, -0.15) is 4.98 Å². The predicted octanol–water partition coefficient (Wildman–Crippen LogP) is 3.20. The van der Waals surface area contributed by atoms with Crippen LogP contribution in [0.1, 0.15) is 29.0 Å². The molecule has 11 heteroatoms. The molecule has 164 valence electrons. The van der Waals surface area contributed by atoms with Crippen LogP contribution < -0.4 is 14.8 Å². The SMILES string of the molecule is CCOc1ccc(NS(=O)(=O)c2ccc(Cl)c(C(=O)NCCc3nc(C)no3)c2)cc1. The summed E-state index contributed by atoms with van der Waals surface area (Å²) in [5, 5.41) is 6.47. The highest BCUT2D eigenvalue weighted by atomic mass is 35.5. The third kappa shape index (κ3) is 5.96. The maximum absolute atomic E-state index is 12.8. The van der Waals surface area contributed by atoms with Gasteiger partial charge in [0.1, 0.15) is 5.75 Å². The maximum Gasteiger partial charge on any atom is 0.261 e. The average molecular weight is 465 g/mol. The summed E-state index contributed by atoms with van der Waals surface area (Å²) in [5.74, 6) is 1.01. The summed E-state index contributed by atoms with van der Waals surface area (Å²) in [6, 6.07) is 10.4. The number of nitrogens with zero attached hydrogens (tertiary/aromatic N) is 2. The Hall–Kier alpha value is -3.11. The lowest BCUT2D eigenvalue weighted by Crippen LogP contribution is -2.26. The lowest BCUT2D eigenvalue weighted by Gasteiger charge is -2.11. The number of aryl methyl sites for hydroxylation is 1. The quantitative estimate of drug-likeness (QED) is 0.498. The maximum atomic E-state index is 12.8. The molecule has 1 aromatic heterocycles. The number of carbonyl (C=O) groups is 1. The summed E-state index contributed by atoms with van der Waals surface area (Å²) in [6.07, 6.45) is 0.335. The van der Waals surface area contributed by atoms with Crippen molar-refractivity contribution in [3.8, 4) is 5.75 Å². The van der Waals surface area contributed by atoms with Crippen LogP contribution in [0.3, 0.4) is 0 Å². The Morgan fingerprint density at radius 3 is 2.58 bits per heavy atom. The molecule has 0 saturated heterocycles. The molecular weight excluding hydrogens is 444 g/mol. The number of anilines is 1. The molecular formula is C20H21ClN4O5S. The first-order valence-corrected chi connectivity index (χ1v) is 11.3. The number of ether oxygens (including phenoxy) is 1. The second-order valence-corrected chi connectivity index (χ2v) is 8.54. The number of amides is 1. The highest BCUT2D eigenvalue weighted by Crippen LogP contribution is 2.23. The van der Waals surface area contributed by atoms with E-state index in [-0.39, 0.29) is 22.0 Å². The lowest BCUT2D eigenvalue weighted by molar-refractivity contribution is 0.0953. The monoisotopic (exact) mass is 464 g/mol. The standard InChI is InChI=1S/C20H21ClN4O5S/c1-3-29-15-6-4-14(5-7-15)25-31(27,28)16-8-9-18(21)17(12-16)20(26)22-11-10-19-23-13(2)24-30-19/h4-9,12,25H,3,10-11H2,1-2H3,(H,22,26). The topological polar surface area (TPSA) is 123 Å². The Morgan fingerprint density at radius 1 is 1.19 bits per heavy atom. The van der Waals surface area contributed by atoms with Crippen LogP contribution in [-0.4, -0.2) is 37.6 Å². The van der Waals surface area contributed by atoms with E-state index in [1.807, 2.05) is 6.92 Å². The minimum Gasteiger partial charge on any atom is -0.494 e.